The second kappa shape index (κ2) is 4.30. The summed E-state index contributed by atoms with van der Waals surface area (Å²) in [7, 11) is 0. The molecule has 17 heavy (non-hydrogen) atoms. The number of rotatable bonds is 2. The summed E-state index contributed by atoms with van der Waals surface area (Å²) in [5, 5.41) is 17.2. The predicted octanol–water partition coefficient (Wildman–Crippen LogP) is 3.14. The molecule has 0 unspecified atom stereocenters. The molecule has 0 aliphatic heterocycles. The number of phenolic OH excluding ortho intramolecular Hbond substituents is 1. The van der Waals surface area contributed by atoms with Crippen LogP contribution in [-0.2, 0) is 0 Å². The van der Waals surface area contributed by atoms with Crippen molar-refractivity contribution in [2.75, 3.05) is 5.73 Å². The Labute approximate surface area is 104 Å². The third-order valence-corrected chi connectivity index (χ3v) is 2.95. The number of nitrogen functional groups attached to an aromatic ring is 1. The van der Waals surface area contributed by atoms with Crippen molar-refractivity contribution in [3.63, 3.8) is 0 Å². The number of aromatic amines is 1. The fourth-order valence-electron chi connectivity index (χ4n) is 1.71. The van der Waals surface area contributed by atoms with Gasteiger partial charge in [0.15, 0.2) is 0 Å². The Morgan fingerprint density at radius 2 is 2.06 bits per heavy atom. The van der Waals surface area contributed by atoms with Crippen LogP contribution in [0, 0.1) is 0 Å². The Morgan fingerprint density at radius 1 is 1.35 bits per heavy atom. The summed E-state index contributed by atoms with van der Waals surface area (Å²) in [6, 6.07) is 5.05. The van der Waals surface area contributed by atoms with Crippen molar-refractivity contribution >= 4 is 17.4 Å². The number of hydrogen-bond acceptors (Lipinski definition) is 3. The van der Waals surface area contributed by atoms with Crippen LogP contribution in [0.1, 0.15) is 25.3 Å². The van der Waals surface area contributed by atoms with Crippen molar-refractivity contribution in [1.29, 1.82) is 0 Å². The lowest BCUT2D eigenvalue weighted by molar-refractivity contribution is 0.476. The minimum atomic E-state index is 0.168. The number of aromatic hydroxyl groups is 1. The number of nitrogens with zero attached hydrogens (tertiary/aromatic N) is 1. The molecule has 4 N–H and O–H groups in total. The minimum absolute atomic E-state index is 0.168. The maximum absolute atomic E-state index is 9.98. The Hall–Kier alpha value is -1.68. The molecule has 0 saturated carbocycles. The number of H-pyrrole nitrogens is 1. The molecule has 0 amide bonds. The van der Waals surface area contributed by atoms with Crippen molar-refractivity contribution < 1.29 is 5.11 Å². The molecule has 0 atom stereocenters. The SMILES string of the molecule is CC(C)c1cc(O)c(-c2cc(N)n[nH]2)cc1Cl. The molecule has 0 fully saturated rings. The number of hydrogen-bond donors (Lipinski definition) is 3. The van der Waals surface area contributed by atoms with E-state index in [4.69, 9.17) is 17.3 Å². The van der Waals surface area contributed by atoms with Gasteiger partial charge in [-0.05, 0) is 23.6 Å². The summed E-state index contributed by atoms with van der Waals surface area (Å²) in [6.07, 6.45) is 0. The Morgan fingerprint density at radius 3 is 2.59 bits per heavy atom. The molecule has 0 spiro atoms. The number of halogens is 1. The van der Waals surface area contributed by atoms with Gasteiger partial charge in [-0.3, -0.25) is 5.10 Å². The van der Waals surface area contributed by atoms with Gasteiger partial charge in [-0.25, -0.2) is 0 Å². The van der Waals surface area contributed by atoms with Crippen LogP contribution in [0.2, 0.25) is 5.02 Å². The van der Waals surface area contributed by atoms with E-state index < -0.39 is 0 Å². The summed E-state index contributed by atoms with van der Waals surface area (Å²) < 4.78 is 0. The molecule has 0 saturated heterocycles. The van der Waals surface area contributed by atoms with Gasteiger partial charge in [0.2, 0.25) is 0 Å². The first-order chi connectivity index (χ1) is 7.99. The molecule has 2 rings (SSSR count). The monoisotopic (exact) mass is 251 g/mol. The maximum Gasteiger partial charge on any atom is 0.145 e. The second-order valence-corrected chi connectivity index (χ2v) is 4.66. The van der Waals surface area contributed by atoms with Crippen molar-refractivity contribution in [2.45, 2.75) is 19.8 Å². The number of aromatic nitrogens is 2. The molecule has 2 aromatic rings. The van der Waals surface area contributed by atoms with Crippen LogP contribution in [0.3, 0.4) is 0 Å². The van der Waals surface area contributed by atoms with Gasteiger partial charge in [-0.2, -0.15) is 5.10 Å². The minimum Gasteiger partial charge on any atom is -0.507 e. The van der Waals surface area contributed by atoms with Crippen LogP contribution in [0.4, 0.5) is 5.82 Å². The largest absolute Gasteiger partial charge is 0.507 e. The summed E-state index contributed by atoms with van der Waals surface area (Å²) in [4.78, 5) is 0. The average molecular weight is 252 g/mol. The highest BCUT2D eigenvalue weighted by Crippen LogP contribution is 2.36. The molecule has 1 aromatic heterocycles. The fraction of sp³-hybridized carbons (Fsp3) is 0.250. The van der Waals surface area contributed by atoms with Gasteiger partial charge in [0, 0.05) is 16.7 Å². The highest BCUT2D eigenvalue weighted by atomic mass is 35.5. The van der Waals surface area contributed by atoms with E-state index in [1.54, 1.807) is 18.2 Å². The van der Waals surface area contributed by atoms with Gasteiger partial charge in [0.25, 0.3) is 0 Å². The lowest BCUT2D eigenvalue weighted by Crippen LogP contribution is -1.90. The molecule has 5 heteroatoms. The van der Waals surface area contributed by atoms with Gasteiger partial charge in [-0.1, -0.05) is 25.4 Å². The third-order valence-electron chi connectivity index (χ3n) is 2.62. The van der Waals surface area contributed by atoms with Crippen molar-refractivity contribution in [3.8, 4) is 17.0 Å². The lowest BCUT2D eigenvalue weighted by Gasteiger charge is -2.11. The van der Waals surface area contributed by atoms with Crippen molar-refractivity contribution in [3.05, 3.63) is 28.8 Å². The molecular formula is C12H14ClN3O. The Kier molecular flexibility index (Phi) is 2.98. The molecule has 1 heterocycles. The highest BCUT2D eigenvalue weighted by Gasteiger charge is 2.13. The third kappa shape index (κ3) is 2.22. The summed E-state index contributed by atoms with van der Waals surface area (Å²) in [5.41, 5.74) is 7.69. The zero-order valence-electron chi connectivity index (χ0n) is 9.66. The van der Waals surface area contributed by atoms with E-state index >= 15 is 0 Å². The average Bonchev–Trinajstić information content (AvgIpc) is 2.67. The van der Waals surface area contributed by atoms with E-state index in [9.17, 15) is 5.11 Å². The second-order valence-electron chi connectivity index (χ2n) is 4.25. The van der Waals surface area contributed by atoms with Crippen molar-refractivity contribution in [1.82, 2.24) is 10.2 Å². The van der Waals surface area contributed by atoms with E-state index in [0.717, 1.165) is 5.56 Å². The Balaban J connectivity index is 2.54. The standard InChI is InChI=1S/C12H14ClN3O/c1-6(2)7-4-11(17)8(3-9(7)13)10-5-12(14)16-15-10/h3-6,17H,1-2H3,(H3,14,15,16). The normalized spacial score (nSPS) is 11.1. The molecule has 0 radical (unpaired) electrons. The van der Waals surface area contributed by atoms with Crippen LogP contribution in [0.25, 0.3) is 11.3 Å². The van der Waals surface area contributed by atoms with E-state index in [0.29, 0.717) is 22.1 Å². The number of nitrogens with one attached hydrogen (secondary N) is 1. The quantitative estimate of drug-likeness (QED) is 0.768. The molecule has 0 aliphatic rings. The van der Waals surface area contributed by atoms with E-state index in [2.05, 4.69) is 10.2 Å². The fourth-order valence-corrected chi connectivity index (χ4v) is 2.09. The van der Waals surface area contributed by atoms with Gasteiger partial charge < -0.3 is 10.8 Å². The van der Waals surface area contributed by atoms with Crippen LogP contribution >= 0.6 is 11.6 Å². The molecule has 0 aliphatic carbocycles. The smallest absolute Gasteiger partial charge is 0.145 e. The number of benzene rings is 1. The van der Waals surface area contributed by atoms with Gasteiger partial charge in [0.05, 0.1) is 5.69 Å². The van der Waals surface area contributed by atoms with E-state index in [1.165, 1.54) is 0 Å². The zero-order valence-corrected chi connectivity index (χ0v) is 10.4. The predicted molar refractivity (Wildman–Crippen MR) is 69.2 cm³/mol. The van der Waals surface area contributed by atoms with Crippen LogP contribution in [0.15, 0.2) is 18.2 Å². The molecule has 0 bridgehead atoms. The van der Waals surface area contributed by atoms with Gasteiger partial charge >= 0.3 is 0 Å². The molecule has 90 valence electrons. The first-order valence-electron chi connectivity index (χ1n) is 5.32. The topological polar surface area (TPSA) is 74.9 Å². The van der Waals surface area contributed by atoms with E-state index in [1.807, 2.05) is 13.8 Å². The zero-order chi connectivity index (χ0) is 12.6. The molecule has 1 aromatic carbocycles. The first kappa shape index (κ1) is 11.8. The Bertz CT molecular complexity index is 549. The molecule has 4 nitrogen and oxygen atoms in total. The van der Waals surface area contributed by atoms with Crippen LogP contribution < -0.4 is 5.73 Å². The maximum atomic E-state index is 9.98. The molecular weight excluding hydrogens is 238 g/mol. The highest BCUT2D eigenvalue weighted by molar-refractivity contribution is 6.31. The van der Waals surface area contributed by atoms with E-state index in [-0.39, 0.29) is 11.7 Å². The first-order valence-corrected chi connectivity index (χ1v) is 5.70. The summed E-state index contributed by atoms with van der Waals surface area (Å²) >= 11 is 6.18. The number of anilines is 1. The van der Waals surface area contributed by atoms with Crippen LogP contribution in [0.5, 0.6) is 5.75 Å². The van der Waals surface area contributed by atoms with Gasteiger partial charge in [0.1, 0.15) is 11.6 Å². The van der Waals surface area contributed by atoms with Crippen LogP contribution in [-0.4, -0.2) is 15.3 Å². The summed E-state index contributed by atoms with van der Waals surface area (Å²) in [6.45, 7) is 4.04. The number of nitrogens with two attached hydrogens (primary N) is 1. The van der Waals surface area contributed by atoms with Crippen molar-refractivity contribution in [2.24, 2.45) is 0 Å². The van der Waals surface area contributed by atoms with Gasteiger partial charge in [-0.15, -0.1) is 0 Å². The number of phenols is 1. The lowest BCUT2D eigenvalue weighted by atomic mass is 9.99. The summed E-state index contributed by atoms with van der Waals surface area (Å²) in [5.74, 6) is 0.805.